The van der Waals surface area contributed by atoms with Crippen molar-refractivity contribution in [1.29, 1.82) is 0 Å². The van der Waals surface area contributed by atoms with E-state index in [1.807, 2.05) is 39.0 Å². The Morgan fingerprint density at radius 3 is 2.68 bits per heavy atom. The fourth-order valence-electron chi connectivity index (χ4n) is 3.77. The fourth-order valence-corrected chi connectivity index (χ4v) is 4.77. The molecule has 0 unspecified atom stereocenters. The van der Waals surface area contributed by atoms with Crippen molar-refractivity contribution in [3.05, 3.63) is 65.2 Å². The highest BCUT2D eigenvalue weighted by molar-refractivity contribution is 7.19. The van der Waals surface area contributed by atoms with Gasteiger partial charge in [-0.05, 0) is 60.0 Å². The van der Waals surface area contributed by atoms with E-state index in [1.165, 1.54) is 10.3 Å². The van der Waals surface area contributed by atoms with E-state index < -0.39 is 11.8 Å². The van der Waals surface area contributed by atoms with Gasteiger partial charge in [0.25, 0.3) is 0 Å². The minimum atomic E-state index is -1.48. The highest BCUT2D eigenvalue weighted by atomic mass is 32.1. The molecular formula is C25H23NOS. The maximum Gasteiger partial charge on any atom is 0.153 e. The number of aryl methyl sites for hydroxylation is 1. The molecule has 0 fully saturated rings. The first kappa shape index (κ1) is 15.3. The van der Waals surface area contributed by atoms with E-state index in [9.17, 15) is 0 Å². The van der Waals surface area contributed by atoms with Crippen LogP contribution in [0.4, 0.5) is 0 Å². The van der Waals surface area contributed by atoms with E-state index in [2.05, 4.69) is 36.2 Å². The molecule has 5 aromatic rings. The minimum Gasteiger partial charge on any atom is -0.454 e. The summed E-state index contributed by atoms with van der Waals surface area (Å²) < 4.78 is 24.9. The van der Waals surface area contributed by atoms with E-state index in [1.54, 1.807) is 23.6 Å². The summed E-state index contributed by atoms with van der Waals surface area (Å²) in [6.45, 7) is 7.87. The van der Waals surface area contributed by atoms with Crippen molar-refractivity contribution in [3.63, 3.8) is 0 Å². The van der Waals surface area contributed by atoms with Crippen LogP contribution in [0, 0.1) is 12.3 Å². The molecule has 0 atom stereocenters. The maximum atomic E-state index is 8.64. The molecule has 0 aliphatic rings. The summed E-state index contributed by atoms with van der Waals surface area (Å²) in [6.07, 6.45) is 0.212. The van der Waals surface area contributed by atoms with Crippen LogP contribution < -0.4 is 0 Å². The van der Waals surface area contributed by atoms with Crippen LogP contribution in [-0.2, 0) is 6.37 Å². The Bertz CT molecular complexity index is 1420. The lowest BCUT2D eigenvalue weighted by atomic mass is 9.88. The largest absolute Gasteiger partial charge is 0.454 e. The molecule has 0 aliphatic carbocycles. The number of hydrogen-bond acceptors (Lipinski definition) is 3. The molecule has 0 saturated heterocycles. The van der Waals surface area contributed by atoms with Gasteiger partial charge >= 0.3 is 0 Å². The number of thiophene rings is 1. The average molecular weight is 388 g/mol. The second-order valence-electron chi connectivity index (χ2n) is 8.31. The zero-order valence-corrected chi connectivity index (χ0v) is 17.3. The molecule has 3 heteroatoms. The number of furan rings is 1. The van der Waals surface area contributed by atoms with Gasteiger partial charge in [-0.25, -0.2) is 0 Å². The standard InChI is InChI=1S/C25H23NOS/c1-15-12-17-8-9-19-18-6-5-7-20(22(18)27-23(19)24(17)28-15)21-13-16(10-11-26-21)14-25(2,3)4/h5-13H,14H2,1-4H3/i14D2. The SMILES string of the molecule is [2H]C([2H])(c1ccnc(-c2cccc3c2oc2c3ccc3cc(C)sc32)c1)C(C)(C)C. The fraction of sp³-hybridized carbons (Fsp3) is 0.240. The van der Waals surface area contributed by atoms with Gasteiger partial charge in [-0.1, -0.05) is 39.0 Å². The van der Waals surface area contributed by atoms with Crippen LogP contribution in [0.1, 0.15) is 34.0 Å². The van der Waals surface area contributed by atoms with Crippen molar-refractivity contribution < 1.29 is 7.16 Å². The molecule has 0 spiro atoms. The second kappa shape index (κ2) is 6.18. The van der Waals surface area contributed by atoms with Crippen LogP contribution in [0.5, 0.6) is 0 Å². The predicted octanol–water partition coefficient (Wildman–Crippen LogP) is 7.76. The Labute approximate surface area is 171 Å². The summed E-state index contributed by atoms with van der Waals surface area (Å²) in [5.74, 6) is 0. The summed E-state index contributed by atoms with van der Waals surface area (Å²) in [6, 6.07) is 16.2. The summed E-state index contributed by atoms with van der Waals surface area (Å²) in [5, 5.41) is 3.35. The Balaban J connectivity index is 1.76. The van der Waals surface area contributed by atoms with Crippen LogP contribution >= 0.6 is 11.3 Å². The third-order valence-corrected chi connectivity index (χ3v) is 5.89. The summed E-state index contributed by atoms with van der Waals surface area (Å²) in [4.78, 5) is 5.83. The quantitative estimate of drug-likeness (QED) is 0.309. The van der Waals surface area contributed by atoms with Gasteiger partial charge in [0.05, 0.1) is 10.4 Å². The maximum absolute atomic E-state index is 8.64. The van der Waals surface area contributed by atoms with Crippen LogP contribution in [-0.4, -0.2) is 4.98 Å². The average Bonchev–Trinajstić information content (AvgIpc) is 3.26. The van der Waals surface area contributed by atoms with Crippen molar-refractivity contribution in [1.82, 2.24) is 4.98 Å². The second-order valence-corrected chi connectivity index (χ2v) is 9.56. The summed E-state index contributed by atoms with van der Waals surface area (Å²) in [7, 11) is 0. The van der Waals surface area contributed by atoms with E-state index in [0.717, 1.165) is 37.9 Å². The topological polar surface area (TPSA) is 26.0 Å². The van der Waals surface area contributed by atoms with Gasteiger partial charge in [-0.2, -0.15) is 0 Å². The van der Waals surface area contributed by atoms with Crippen LogP contribution in [0.3, 0.4) is 0 Å². The van der Waals surface area contributed by atoms with Crippen molar-refractivity contribution in [2.24, 2.45) is 5.41 Å². The van der Waals surface area contributed by atoms with E-state index in [4.69, 9.17) is 7.16 Å². The Morgan fingerprint density at radius 1 is 1.04 bits per heavy atom. The Morgan fingerprint density at radius 2 is 1.86 bits per heavy atom. The van der Waals surface area contributed by atoms with Crippen LogP contribution in [0.2, 0.25) is 0 Å². The van der Waals surface area contributed by atoms with Gasteiger partial charge in [-0.3, -0.25) is 4.98 Å². The lowest BCUT2D eigenvalue weighted by Crippen LogP contribution is -2.09. The summed E-state index contributed by atoms with van der Waals surface area (Å²) >= 11 is 1.75. The monoisotopic (exact) mass is 387 g/mol. The molecule has 0 bridgehead atoms. The zero-order chi connectivity index (χ0) is 21.3. The first-order chi connectivity index (χ1) is 14.2. The van der Waals surface area contributed by atoms with Crippen LogP contribution in [0.15, 0.2) is 59.1 Å². The number of nitrogens with zero attached hydrogens (tertiary/aromatic N) is 1. The molecule has 28 heavy (non-hydrogen) atoms. The van der Waals surface area contributed by atoms with E-state index in [0.29, 0.717) is 5.56 Å². The molecule has 2 aromatic carbocycles. The Kier molecular flexibility index (Phi) is 3.38. The van der Waals surface area contributed by atoms with Crippen molar-refractivity contribution in [2.75, 3.05) is 0 Å². The molecular weight excluding hydrogens is 362 g/mol. The number of rotatable bonds is 2. The number of fused-ring (bicyclic) bond motifs is 5. The number of aromatic nitrogens is 1. The first-order valence-corrected chi connectivity index (χ1v) is 10.3. The van der Waals surface area contributed by atoms with Crippen LogP contribution in [0.25, 0.3) is 43.3 Å². The minimum absolute atomic E-state index is 0.528. The molecule has 0 aliphatic heterocycles. The van der Waals surface area contributed by atoms with Gasteiger partial charge < -0.3 is 4.42 Å². The molecule has 3 heterocycles. The zero-order valence-electron chi connectivity index (χ0n) is 18.5. The number of para-hydroxylation sites is 1. The van der Waals surface area contributed by atoms with E-state index in [-0.39, 0.29) is 0 Å². The van der Waals surface area contributed by atoms with Gasteiger partial charge in [0.1, 0.15) is 5.58 Å². The van der Waals surface area contributed by atoms with E-state index >= 15 is 0 Å². The summed E-state index contributed by atoms with van der Waals surface area (Å²) in [5.41, 5.74) is 3.42. The Hall–Kier alpha value is -2.65. The van der Waals surface area contributed by atoms with Crippen molar-refractivity contribution in [2.45, 2.75) is 34.1 Å². The lowest BCUT2D eigenvalue weighted by molar-refractivity contribution is 0.411. The third-order valence-electron chi connectivity index (χ3n) is 4.83. The molecule has 3 aromatic heterocycles. The van der Waals surface area contributed by atoms with Gasteiger partial charge in [0, 0.05) is 30.2 Å². The molecule has 0 radical (unpaired) electrons. The van der Waals surface area contributed by atoms with Crippen molar-refractivity contribution in [3.8, 4) is 11.3 Å². The first-order valence-electron chi connectivity index (χ1n) is 10.5. The molecule has 0 amide bonds. The van der Waals surface area contributed by atoms with Gasteiger partial charge in [0.15, 0.2) is 5.58 Å². The number of pyridine rings is 1. The molecule has 140 valence electrons. The smallest absolute Gasteiger partial charge is 0.153 e. The van der Waals surface area contributed by atoms with Crippen molar-refractivity contribution >= 4 is 43.4 Å². The molecule has 0 saturated carbocycles. The highest BCUT2D eigenvalue weighted by Gasteiger charge is 2.17. The normalized spacial score (nSPS) is 14.0. The number of hydrogen-bond donors (Lipinski definition) is 0. The predicted molar refractivity (Wildman–Crippen MR) is 120 cm³/mol. The van der Waals surface area contributed by atoms with Gasteiger partial charge in [-0.15, -0.1) is 11.3 Å². The third kappa shape index (κ3) is 2.91. The molecule has 0 N–H and O–H groups in total. The number of benzene rings is 2. The lowest BCUT2D eigenvalue weighted by Gasteiger charge is -2.18. The molecule has 2 nitrogen and oxygen atoms in total. The van der Waals surface area contributed by atoms with Gasteiger partial charge in [0.2, 0.25) is 0 Å². The molecule has 5 rings (SSSR count). The highest BCUT2D eigenvalue weighted by Crippen LogP contribution is 2.40.